The van der Waals surface area contributed by atoms with Crippen LogP contribution >= 0.6 is 22.9 Å². The lowest BCUT2D eigenvalue weighted by Gasteiger charge is -2.00. The van der Waals surface area contributed by atoms with Gasteiger partial charge < -0.3 is 4.74 Å². The van der Waals surface area contributed by atoms with Gasteiger partial charge in [0, 0.05) is 18.9 Å². The molecule has 0 amide bonds. The number of fused-ring (bicyclic) bond motifs is 1. The molecule has 0 unspecified atom stereocenters. The maximum absolute atomic E-state index is 5.96. The summed E-state index contributed by atoms with van der Waals surface area (Å²) in [4.78, 5) is 8.51. The van der Waals surface area contributed by atoms with Gasteiger partial charge >= 0.3 is 0 Å². The Morgan fingerprint density at radius 3 is 3.16 bits per heavy atom. The zero-order valence-electron chi connectivity index (χ0n) is 10.2. The Morgan fingerprint density at radius 2 is 2.32 bits per heavy atom. The second kappa shape index (κ2) is 5.24. The van der Waals surface area contributed by atoms with E-state index in [9.17, 15) is 0 Å². The van der Waals surface area contributed by atoms with Crippen molar-refractivity contribution in [3.05, 3.63) is 29.1 Å². The van der Waals surface area contributed by atoms with Gasteiger partial charge in [0.15, 0.2) is 0 Å². The Hall–Kier alpha value is -1.50. The van der Waals surface area contributed by atoms with Crippen molar-refractivity contribution in [3.63, 3.8) is 0 Å². The van der Waals surface area contributed by atoms with Crippen LogP contribution in [0.25, 0.3) is 21.5 Å². The Morgan fingerprint density at radius 1 is 1.42 bits per heavy atom. The molecular formula is C12H11ClN4OS. The highest BCUT2D eigenvalue weighted by atomic mass is 35.5. The first kappa shape index (κ1) is 12.5. The fourth-order valence-corrected chi connectivity index (χ4v) is 2.84. The third kappa shape index (κ3) is 2.47. The van der Waals surface area contributed by atoms with E-state index in [-0.39, 0.29) is 5.28 Å². The summed E-state index contributed by atoms with van der Waals surface area (Å²) in [7, 11) is 1.67. The number of rotatable bonds is 4. The van der Waals surface area contributed by atoms with E-state index < -0.39 is 0 Å². The molecule has 0 saturated heterocycles. The van der Waals surface area contributed by atoms with Crippen LogP contribution in [0.3, 0.4) is 0 Å². The third-order valence-electron chi connectivity index (χ3n) is 2.71. The second-order valence-electron chi connectivity index (χ2n) is 3.96. The highest BCUT2D eigenvalue weighted by Crippen LogP contribution is 2.30. The molecule has 0 aromatic carbocycles. The number of hydrogen-bond donors (Lipinski definition) is 0. The normalized spacial score (nSPS) is 11.3. The minimum atomic E-state index is 0.255. The summed E-state index contributed by atoms with van der Waals surface area (Å²) in [5.74, 6) is 0. The minimum Gasteiger partial charge on any atom is -0.383 e. The smallest absolute Gasteiger partial charge is 0.223 e. The van der Waals surface area contributed by atoms with Gasteiger partial charge in [0.05, 0.1) is 35.3 Å². The van der Waals surface area contributed by atoms with Gasteiger partial charge in [-0.25, -0.2) is 9.97 Å². The van der Waals surface area contributed by atoms with Crippen molar-refractivity contribution < 1.29 is 4.74 Å². The molecule has 0 radical (unpaired) electrons. The molecule has 0 spiro atoms. The van der Waals surface area contributed by atoms with Gasteiger partial charge in [0.25, 0.3) is 0 Å². The lowest BCUT2D eigenvalue weighted by molar-refractivity contribution is 0.183. The van der Waals surface area contributed by atoms with Crippen molar-refractivity contribution in [1.29, 1.82) is 0 Å². The van der Waals surface area contributed by atoms with Crippen LogP contribution < -0.4 is 0 Å². The van der Waals surface area contributed by atoms with Crippen molar-refractivity contribution in [2.24, 2.45) is 0 Å². The zero-order chi connectivity index (χ0) is 13.2. The van der Waals surface area contributed by atoms with Crippen LogP contribution in [-0.2, 0) is 11.3 Å². The van der Waals surface area contributed by atoms with Crippen molar-refractivity contribution in [2.75, 3.05) is 13.7 Å². The van der Waals surface area contributed by atoms with Crippen LogP contribution in [0.15, 0.2) is 23.8 Å². The molecule has 7 heteroatoms. The largest absolute Gasteiger partial charge is 0.383 e. The van der Waals surface area contributed by atoms with E-state index >= 15 is 0 Å². The highest BCUT2D eigenvalue weighted by Gasteiger charge is 2.12. The summed E-state index contributed by atoms with van der Waals surface area (Å²) in [5.41, 5.74) is 2.63. The summed E-state index contributed by atoms with van der Waals surface area (Å²) in [5, 5.41) is 6.52. The van der Waals surface area contributed by atoms with E-state index in [2.05, 4.69) is 15.1 Å². The molecule has 3 rings (SSSR count). The first-order valence-electron chi connectivity index (χ1n) is 5.70. The summed E-state index contributed by atoms with van der Waals surface area (Å²) in [6.45, 7) is 1.34. The van der Waals surface area contributed by atoms with Crippen LogP contribution in [0.4, 0.5) is 0 Å². The SMILES string of the molecule is COCCn1cc(-c2nc(Cl)nc3ccsc23)cn1. The second-order valence-corrected chi connectivity index (χ2v) is 5.22. The van der Waals surface area contributed by atoms with Gasteiger partial charge in [0.2, 0.25) is 5.28 Å². The van der Waals surface area contributed by atoms with Gasteiger partial charge in [-0.05, 0) is 23.0 Å². The van der Waals surface area contributed by atoms with Gasteiger partial charge in [0.1, 0.15) is 0 Å². The molecule has 3 aromatic rings. The summed E-state index contributed by atoms with van der Waals surface area (Å²) in [6, 6.07) is 1.94. The highest BCUT2D eigenvalue weighted by molar-refractivity contribution is 7.17. The zero-order valence-corrected chi connectivity index (χ0v) is 11.8. The van der Waals surface area contributed by atoms with Gasteiger partial charge in [-0.1, -0.05) is 0 Å². The number of hydrogen-bond acceptors (Lipinski definition) is 5. The Balaban J connectivity index is 2.03. The monoisotopic (exact) mass is 294 g/mol. The van der Waals surface area contributed by atoms with Crippen LogP contribution in [-0.4, -0.2) is 33.5 Å². The van der Waals surface area contributed by atoms with Gasteiger partial charge in [-0.2, -0.15) is 5.10 Å². The molecule has 3 heterocycles. The third-order valence-corrected chi connectivity index (χ3v) is 3.79. The van der Waals surface area contributed by atoms with E-state index in [1.54, 1.807) is 24.6 Å². The van der Waals surface area contributed by atoms with E-state index in [0.717, 1.165) is 21.5 Å². The van der Waals surface area contributed by atoms with E-state index in [0.29, 0.717) is 13.2 Å². The predicted molar refractivity (Wildman–Crippen MR) is 75.5 cm³/mol. The van der Waals surface area contributed by atoms with Crippen molar-refractivity contribution in [1.82, 2.24) is 19.7 Å². The first-order valence-corrected chi connectivity index (χ1v) is 6.96. The van der Waals surface area contributed by atoms with Crippen LogP contribution in [0.5, 0.6) is 0 Å². The minimum absolute atomic E-state index is 0.255. The topological polar surface area (TPSA) is 52.8 Å². The fourth-order valence-electron chi connectivity index (χ4n) is 1.82. The number of halogens is 1. The maximum Gasteiger partial charge on any atom is 0.223 e. The number of thiophene rings is 1. The van der Waals surface area contributed by atoms with E-state index in [1.165, 1.54) is 0 Å². The van der Waals surface area contributed by atoms with Crippen molar-refractivity contribution >= 4 is 33.2 Å². The molecule has 19 heavy (non-hydrogen) atoms. The van der Waals surface area contributed by atoms with E-state index in [1.807, 2.05) is 22.3 Å². The van der Waals surface area contributed by atoms with Crippen molar-refractivity contribution in [3.8, 4) is 11.3 Å². The van der Waals surface area contributed by atoms with Crippen LogP contribution in [0.2, 0.25) is 5.28 Å². The van der Waals surface area contributed by atoms with Gasteiger partial charge in [-0.3, -0.25) is 4.68 Å². The predicted octanol–water partition coefficient (Wildman–Crippen LogP) is 2.85. The molecule has 98 valence electrons. The Bertz CT molecular complexity index is 709. The number of aromatic nitrogens is 4. The first-order chi connectivity index (χ1) is 9.28. The Kier molecular flexibility index (Phi) is 3.46. The molecule has 0 fully saturated rings. The number of nitrogens with zero attached hydrogens (tertiary/aromatic N) is 4. The molecule has 0 aliphatic rings. The fraction of sp³-hybridized carbons (Fsp3) is 0.250. The van der Waals surface area contributed by atoms with Crippen LogP contribution in [0, 0.1) is 0 Å². The summed E-state index contributed by atoms with van der Waals surface area (Å²) >= 11 is 7.56. The molecule has 0 bridgehead atoms. The average Bonchev–Trinajstić information content (AvgIpc) is 3.03. The molecule has 0 saturated carbocycles. The van der Waals surface area contributed by atoms with Crippen LogP contribution in [0.1, 0.15) is 0 Å². The standard InChI is InChI=1S/C12H11ClN4OS/c1-18-4-3-17-7-8(6-14-17)10-11-9(2-5-19-11)15-12(13)16-10/h2,5-7H,3-4H2,1H3. The quantitative estimate of drug-likeness (QED) is 0.694. The van der Waals surface area contributed by atoms with E-state index in [4.69, 9.17) is 16.3 Å². The molecular weight excluding hydrogens is 284 g/mol. The average molecular weight is 295 g/mol. The molecule has 3 aromatic heterocycles. The maximum atomic E-state index is 5.96. The summed E-state index contributed by atoms with van der Waals surface area (Å²) in [6.07, 6.45) is 3.73. The molecule has 0 aliphatic carbocycles. The molecule has 0 N–H and O–H groups in total. The lowest BCUT2D eigenvalue weighted by atomic mass is 10.2. The number of methoxy groups -OCH3 is 1. The molecule has 5 nitrogen and oxygen atoms in total. The number of ether oxygens (including phenoxy) is 1. The van der Waals surface area contributed by atoms with Crippen molar-refractivity contribution in [2.45, 2.75) is 6.54 Å². The Labute approximate surface area is 118 Å². The lowest BCUT2D eigenvalue weighted by Crippen LogP contribution is -2.03. The summed E-state index contributed by atoms with van der Waals surface area (Å²) < 4.78 is 7.88. The molecule has 0 atom stereocenters. The van der Waals surface area contributed by atoms with Gasteiger partial charge in [-0.15, -0.1) is 11.3 Å². The molecule has 0 aliphatic heterocycles.